The second kappa shape index (κ2) is 10.3. The number of hydrogen-bond acceptors (Lipinski definition) is 4. The number of rotatable bonds is 10. The Kier molecular flexibility index (Phi) is 8.05. The number of ether oxygens (including phenoxy) is 2. The van der Waals surface area contributed by atoms with Gasteiger partial charge in [0.25, 0.3) is 0 Å². The molecule has 0 spiro atoms. The minimum Gasteiger partial charge on any atom is -0.491 e. The molecule has 0 radical (unpaired) electrons. The van der Waals surface area contributed by atoms with Gasteiger partial charge in [0, 0.05) is 18.4 Å². The van der Waals surface area contributed by atoms with Gasteiger partial charge >= 0.3 is 0 Å². The van der Waals surface area contributed by atoms with Crippen molar-refractivity contribution in [1.82, 2.24) is 4.90 Å². The Morgan fingerprint density at radius 3 is 2.79 bits per heavy atom. The number of hydrogen-bond donors (Lipinski definition) is 1. The lowest BCUT2D eigenvalue weighted by atomic mass is 10.2. The average molecular weight is 334 g/mol. The molecule has 1 aliphatic rings. The summed E-state index contributed by atoms with van der Waals surface area (Å²) in [6.45, 7) is 8.00. The smallest absolute Gasteiger partial charge is 0.238 e. The van der Waals surface area contributed by atoms with Crippen LogP contribution in [0.3, 0.4) is 0 Å². The number of nitrogens with zero attached hydrogens (tertiary/aromatic N) is 1. The summed E-state index contributed by atoms with van der Waals surface area (Å²) in [4.78, 5) is 14.4. The van der Waals surface area contributed by atoms with Crippen molar-refractivity contribution >= 4 is 11.6 Å². The summed E-state index contributed by atoms with van der Waals surface area (Å²) in [5, 5.41) is 2.97. The summed E-state index contributed by atoms with van der Waals surface area (Å²) in [5.74, 6) is 0.787. The molecule has 2 rings (SSSR count). The van der Waals surface area contributed by atoms with Crippen molar-refractivity contribution < 1.29 is 14.3 Å². The Bertz CT molecular complexity index is 495. The summed E-state index contributed by atoms with van der Waals surface area (Å²) in [6.07, 6.45) is 4.47. The quantitative estimate of drug-likeness (QED) is 0.713. The van der Waals surface area contributed by atoms with E-state index in [-0.39, 0.29) is 12.0 Å². The molecule has 1 N–H and O–H groups in total. The lowest BCUT2D eigenvalue weighted by molar-refractivity contribution is -0.117. The van der Waals surface area contributed by atoms with Gasteiger partial charge in [-0.2, -0.15) is 0 Å². The molecular weight excluding hydrogens is 304 g/mol. The highest BCUT2D eigenvalue weighted by Crippen LogP contribution is 2.19. The van der Waals surface area contributed by atoms with Crippen molar-refractivity contribution in [2.45, 2.75) is 45.6 Å². The highest BCUT2D eigenvalue weighted by atomic mass is 16.5. The molecule has 1 heterocycles. The lowest BCUT2D eigenvalue weighted by Gasteiger charge is -2.20. The fourth-order valence-electron chi connectivity index (χ4n) is 2.93. The monoisotopic (exact) mass is 334 g/mol. The maximum atomic E-state index is 12.2. The Balaban J connectivity index is 1.82. The normalized spacial score (nSPS) is 17.2. The molecule has 24 heavy (non-hydrogen) atoms. The fraction of sp³-hybridized carbons (Fsp3) is 0.632. The van der Waals surface area contributed by atoms with Gasteiger partial charge in [-0.25, -0.2) is 0 Å². The van der Waals surface area contributed by atoms with Crippen LogP contribution in [-0.4, -0.2) is 49.8 Å². The fourth-order valence-corrected chi connectivity index (χ4v) is 2.93. The summed E-state index contributed by atoms with van der Waals surface area (Å²) in [6, 6.07) is 7.57. The van der Waals surface area contributed by atoms with Crippen molar-refractivity contribution in [3.8, 4) is 5.75 Å². The molecule has 5 nitrogen and oxygen atoms in total. The molecule has 0 aromatic heterocycles. The van der Waals surface area contributed by atoms with Crippen LogP contribution < -0.4 is 10.1 Å². The number of carbonyl (C=O) groups excluding carboxylic acids is 1. The van der Waals surface area contributed by atoms with Crippen LogP contribution in [-0.2, 0) is 9.53 Å². The molecule has 5 heteroatoms. The van der Waals surface area contributed by atoms with Crippen LogP contribution in [0.2, 0.25) is 0 Å². The minimum absolute atomic E-state index is 0.0215. The first-order valence-electron chi connectivity index (χ1n) is 9.08. The molecule has 1 atom stereocenters. The van der Waals surface area contributed by atoms with Crippen LogP contribution in [0.15, 0.2) is 24.3 Å². The number of nitrogens with one attached hydrogen (secondary N) is 1. The van der Waals surface area contributed by atoms with Crippen LogP contribution >= 0.6 is 0 Å². The van der Waals surface area contributed by atoms with Gasteiger partial charge < -0.3 is 14.8 Å². The average Bonchev–Trinajstić information content (AvgIpc) is 3.07. The molecule has 1 aliphatic heterocycles. The van der Waals surface area contributed by atoms with E-state index in [0.29, 0.717) is 13.2 Å². The molecule has 0 aliphatic carbocycles. The van der Waals surface area contributed by atoms with E-state index < -0.39 is 0 Å². The molecule has 1 aromatic rings. The van der Waals surface area contributed by atoms with Gasteiger partial charge in [0.2, 0.25) is 5.91 Å². The summed E-state index contributed by atoms with van der Waals surface area (Å²) in [5.41, 5.74) is 0.776. The SMILES string of the molecule is CCCN(CCC)CC(=O)Nc1cccc(OCC2CCCO2)c1. The molecule has 1 unspecified atom stereocenters. The van der Waals surface area contributed by atoms with E-state index >= 15 is 0 Å². The topological polar surface area (TPSA) is 50.8 Å². The van der Waals surface area contributed by atoms with Gasteiger partial charge in [-0.3, -0.25) is 9.69 Å². The third kappa shape index (κ3) is 6.49. The van der Waals surface area contributed by atoms with Crippen LogP contribution in [0, 0.1) is 0 Å². The zero-order valence-electron chi connectivity index (χ0n) is 14.9. The largest absolute Gasteiger partial charge is 0.491 e. The molecule has 1 aromatic carbocycles. The maximum absolute atomic E-state index is 12.2. The van der Waals surface area contributed by atoms with E-state index in [0.717, 1.165) is 56.8 Å². The predicted molar refractivity (Wildman–Crippen MR) is 96.6 cm³/mol. The van der Waals surface area contributed by atoms with Crippen LogP contribution in [0.5, 0.6) is 5.75 Å². The Labute approximate surface area is 145 Å². The van der Waals surface area contributed by atoms with Crippen molar-refractivity contribution in [2.75, 3.05) is 38.2 Å². The Morgan fingerprint density at radius 2 is 2.12 bits per heavy atom. The van der Waals surface area contributed by atoms with E-state index in [1.54, 1.807) is 0 Å². The van der Waals surface area contributed by atoms with Gasteiger partial charge in [0.05, 0.1) is 12.6 Å². The van der Waals surface area contributed by atoms with E-state index in [1.165, 1.54) is 0 Å². The first-order valence-corrected chi connectivity index (χ1v) is 9.08. The van der Waals surface area contributed by atoms with Crippen molar-refractivity contribution in [1.29, 1.82) is 0 Å². The van der Waals surface area contributed by atoms with Crippen molar-refractivity contribution in [3.63, 3.8) is 0 Å². The number of anilines is 1. The van der Waals surface area contributed by atoms with Crippen molar-refractivity contribution in [3.05, 3.63) is 24.3 Å². The Morgan fingerprint density at radius 1 is 1.33 bits per heavy atom. The number of amides is 1. The van der Waals surface area contributed by atoms with Crippen LogP contribution in [0.1, 0.15) is 39.5 Å². The molecule has 0 bridgehead atoms. The zero-order chi connectivity index (χ0) is 17.2. The zero-order valence-corrected chi connectivity index (χ0v) is 14.9. The second-order valence-corrected chi connectivity index (χ2v) is 6.30. The number of carbonyl (C=O) groups is 1. The lowest BCUT2D eigenvalue weighted by Crippen LogP contribution is -2.34. The minimum atomic E-state index is 0.0215. The highest BCUT2D eigenvalue weighted by molar-refractivity contribution is 5.92. The van der Waals surface area contributed by atoms with Gasteiger partial charge in [0.1, 0.15) is 12.4 Å². The number of benzene rings is 1. The summed E-state index contributed by atoms with van der Waals surface area (Å²) in [7, 11) is 0. The van der Waals surface area contributed by atoms with E-state index in [9.17, 15) is 4.79 Å². The molecule has 1 fully saturated rings. The molecule has 134 valence electrons. The third-order valence-corrected chi connectivity index (χ3v) is 4.02. The van der Waals surface area contributed by atoms with E-state index in [1.807, 2.05) is 24.3 Å². The Hall–Kier alpha value is -1.59. The van der Waals surface area contributed by atoms with Gasteiger partial charge in [-0.15, -0.1) is 0 Å². The highest BCUT2D eigenvalue weighted by Gasteiger charge is 2.16. The molecular formula is C19H30N2O3. The van der Waals surface area contributed by atoms with Gasteiger partial charge in [-0.1, -0.05) is 19.9 Å². The first-order chi connectivity index (χ1) is 11.7. The van der Waals surface area contributed by atoms with Crippen LogP contribution in [0.4, 0.5) is 5.69 Å². The third-order valence-electron chi connectivity index (χ3n) is 4.02. The van der Waals surface area contributed by atoms with E-state index in [4.69, 9.17) is 9.47 Å². The van der Waals surface area contributed by atoms with Crippen LogP contribution in [0.25, 0.3) is 0 Å². The predicted octanol–water partition coefficient (Wildman–Crippen LogP) is 3.30. The maximum Gasteiger partial charge on any atom is 0.238 e. The standard InChI is InChI=1S/C19H30N2O3/c1-3-10-21(11-4-2)14-19(22)20-16-7-5-8-17(13-16)24-15-18-9-6-12-23-18/h5,7-8,13,18H,3-4,6,9-12,14-15H2,1-2H3,(H,20,22). The molecule has 1 saturated heterocycles. The van der Waals surface area contributed by atoms with Gasteiger partial charge in [-0.05, 0) is 50.9 Å². The molecule has 1 amide bonds. The first kappa shape index (κ1) is 18.7. The molecule has 0 saturated carbocycles. The summed E-state index contributed by atoms with van der Waals surface area (Å²) < 4.78 is 11.3. The summed E-state index contributed by atoms with van der Waals surface area (Å²) >= 11 is 0. The van der Waals surface area contributed by atoms with E-state index in [2.05, 4.69) is 24.1 Å². The van der Waals surface area contributed by atoms with Gasteiger partial charge in [0.15, 0.2) is 0 Å². The van der Waals surface area contributed by atoms with Crippen molar-refractivity contribution in [2.24, 2.45) is 0 Å². The second-order valence-electron chi connectivity index (χ2n) is 6.30.